The fourth-order valence-corrected chi connectivity index (χ4v) is 3.91. The normalized spacial score (nSPS) is 11.0. The molecule has 2 aromatic heterocycles. The van der Waals surface area contributed by atoms with Gasteiger partial charge in [0, 0.05) is 18.3 Å². The Labute approximate surface area is 198 Å². The van der Waals surface area contributed by atoms with E-state index in [1.165, 1.54) is 15.3 Å². The lowest BCUT2D eigenvalue weighted by atomic mass is 10.0. The molecule has 10 heteroatoms. The van der Waals surface area contributed by atoms with Crippen molar-refractivity contribution in [2.75, 3.05) is 5.32 Å². The summed E-state index contributed by atoms with van der Waals surface area (Å²) in [6.45, 7) is 1.77. The molecule has 5 aromatic rings. The second kappa shape index (κ2) is 8.41. The minimum absolute atomic E-state index is 0.112. The molecule has 2 heterocycles. The number of anilines is 1. The molecule has 0 saturated carbocycles. The van der Waals surface area contributed by atoms with Crippen molar-refractivity contribution >= 4 is 28.5 Å². The second-order valence-electron chi connectivity index (χ2n) is 7.98. The van der Waals surface area contributed by atoms with Crippen LogP contribution in [-0.4, -0.2) is 31.3 Å². The molecule has 174 valence electrons. The van der Waals surface area contributed by atoms with E-state index in [2.05, 4.69) is 15.6 Å². The number of carbonyl (C=O) groups excluding carboxylic acids is 2. The van der Waals surface area contributed by atoms with Gasteiger partial charge < -0.3 is 15.6 Å². The molecule has 0 bridgehead atoms. The molecule has 0 spiro atoms. The summed E-state index contributed by atoms with van der Waals surface area (Å²) in [5, 5.41) is 11.3. The Balaban J connectivity index is 1.45. The SMILES string of the molecule is Cc1nn(C)c(=O)n1-c1ccc(-c2ccc3onc(C(=O)Nc4cccc(C(N)=O)c4)c3c2)cc1. The van der Waals surface area contributed by atoms with E-state index in [1.807, 2.05) is 36.4 Å². The van der Waals surface area contributed by atoms with Gasteiger partial charge in [-0.1, -0.05) is 29.4 Å². The lowest BCUT2D eigenvalue weighted by Gasteiger charge is -2.07. The zero-order valence-electron chi connectivity index (χ0n) is 18.9. The highest BCUT2D eigenvalue weighted by Crippen LogP contribution is 2.28. The molecule has 0 atom stereocenters. The molecule has 0 aliphatic rings. The maximum atomic E-state index is 12.9. The molecule has 3 aromatic carbocycles. The minimum atomic E-state index is -0.591. The van der Waals surface area contributed by atoms with Crippen LogP contribution < -0.4 is 16.7 Å². The van der Waals surface area contributed by atoms with Gasteiger partial charge >= 0.3 is 5.69 Å². The third kappa shape index (κ3) is 3.97. The van der Waals surface area contributed by atoms with Crippen molar-refractivity contribution in [3.8, 4) is 16.8 Å². The largest absolute Gasteiger partial charge is 0.366 e. The molecule has 2 amide bonds. The molecule has 0 aliphatic carbocycles. The quantitative estimate of drug-likeness (QED) is 0.407. The number of nitrogens with two attached hydrogens (primary N) is 1. The van der Waals surface area contributed by atoms with Crippen molar-refractivity contribution in [3.63, 3.8) is 0 Å². The summed E-state index contributed by atoms with van der Waals surface area (Å²) < 4.78 is 8.16. The van der Waals surface area contributed by atoms with E-state index >= 15 is 0 Å². The third-order valence-corrected chi connectivity index (χ3v) is 5.64. The zero-order valence-corrected chi connectivity index (χ0v) is 18.9. The number of primary amides is 1. The van der Waals surface area contributed by atoms with E-state index in [1.54, 1.807) is 38.2 Å². The molecular formula is C25H20N6O4. The number of amides is 2. The predicted molar refractivity (Wildman–Crippen MR) is 129 cm³/mol. The van der Waals surface area contributed by atoms with Gasteiger partial charge in [0.2, 0.25) is 5.91 Å². The number of aromatic nitrogens is 4. The first-order chi connectivity index (χ1) is 16.8. The predicted octanol–water partition coefficient (Wildman–Crippen LogP) is 3.04. The van der Waals surface area contributed by atoms with E-state index in [4.69, 9.17) is 10.3 Å². The van der Waals surface area contributed by atoms with Crippen molar-refractivity contribution in [1.29, 1.82) is 0 Å². The number of nitrogens with zero attached hydrogens (tertiary/aromatic N) is 4. The van der Waals surface area contributed by atoms with Crippen molar-refractivity contribution in [2.45, 2.75) is 6.92 Å². The highest BCUT2D eigenvalue weighted by Gasteiger charge is 2.18. The van der Waals surface area contributed by atoms with Crippen LogP contribution in [0.15, 0.2) is 76.0 Å². The number of aryl methyl sites for hydroxylation is 2. The maximum absolute atomic E-state index is 12.9. The Morgan fingerprint density at radius 3 is 2.43 bits per heavy atom. The number of benzene rings is 3. The highest BCUT2D eigenvalue weighted by atomic mass is 16.5. The summed E-state index contributed by atoms with van der Waals surface area (Å²) in [5.74, 6) is -0.482. The van der Waals surface area contributed by atoms with Crippen LogP contribution >= 0.6 is 0 Å². The topological polar surface area (TPSA) is 138 Å². The standard InChI is InChI=1S/C25H20N6O4/c1-14-28-30(2)25(34)31(14)19-9-6-15(7-10-19)16-8-11-21-20(13-16)22(29-35-21)24(33)27-18-5-3-4-17(12-18)23(26)32/h3-13H,1-2H3,(H2,26,32)(H,27,33). The van der Waals surface area contributed by atoms with Crippen LogP contribution in [0.2, 0.25) is 0 Å². The number of nitrogens with one attached hydrogen (secondary N) is 1. The Morgan fingerprint density at radius 1 is 1.00 bits per heavy atom. The molecule has 3 N–H and O–H groups in total. The van der Waals surface area contributed by atoms with Gasteiger partial charge in [0.25, 0.3) is 5.91 Å². The molecule has 0 aliphatic heterocycles. The molecule has 0 saturated heterocycles. The summed E-state index contributed by atoms with van der Waals surface area (Å²) >= 11 is 0. The van der Waals surface area contributed by atoms with Gasteiger partial charge in [-0.3, -0.25) is 9.59 Å². The first kappa shape index (κ1) is 21.8. The van der Waals surface area contributed by atoms with Crippen LogP contribution in [-0.2, 0) is 7.05 Å². The smallest absolute Gasteiger partial charge is 0.350 e. The third-order valence-electron chi connectivity index (χ3n) is 5.64. The van der Waals surface area contributed by atoms with Crippen LogP contribution in [0.4, 0.5) is 5.69 Å². The number of fused-ring (bicyclic) bond motifs is 1. The van der Waals surface area contributed by atoms with E-state index in [9.17, 15) is 14.4 Å². The van der Waals surface area contributed by atoms with Crippen molar-refractivity contribution in [3.05, 3.63) is 94.3 Å². The van der Waals surface area contributed by atoms with Gasteiger partial charge in [-0.2, -0.15) is 5.10 Å². The van der Waals surface area contributed by atoms with E-state index in [-0.39, 0.29) is 16.9 Å². The average molecular weight is 468 g/mol. The number of hydrogen-bond donors (Lipinski definition) is 2. The summed E-state index contributed by atoms with van der Waals surface area (Å²) in [6.07, 6.45) is 0. The number of carbonyl (C=O) groups is 2. The fourth-order valence-electron chi connectivity index (χ4n) is 3.91. The lowest BCUT2D eigenvalue weighted by molar-refractivity contribution is 0.0995. The van der Waals surface area contributed by atoms with E-state index in [0.29, 0.717) is 28.2 Å². The van der Waals surface area contributed by atoms with E-state index in [0.717, 1.165) is 11.1 Å². The van der Waals surface area contributed by atoms with Gasteiger partial charge in [-0.05, 0) is 60.5 Å². The maximum Gasteiger partial charge on any atom is 0.350 e. The van der Waals surface area contributed by atoms with Crippen LogP contribution in [0.5, 0.6) is 0 Å². The second-order valence-corrected chi connectivity index (χ2v) is 7.98. The first-order valence-electron chi connectivity index (χ1n) is 10.7. The average Bonchev–Trinajstić information content (AvgIpc) is 3.38. The van der Waals surface area contributed by atoms with Gasteiger partial charge in [-0.25, -0.2) is 14.0 Å². The van der Waals surface area contributed by atoms with Crippen LogP contribution in [0.3, 0.4) is 0 Å². The van der Waals surface area contributed by atoms with Crippen LogP contribution in [0.1, 0.15) is 26.7 Å². The molecule has 35 heavy (non-hydrogen) atoms. The first-order valence-corrected chi connectivity index (χ1v) is 10.7. The van der Waals surface area contributed by atoms with Crippen molar-refractivity contribution < 1.29 is 14.1 Å². The molecule has 0 fully saturated rings. The van der Waals surface area contributed by atoms with Gasteiger partial charge in [0.05, 0.1) is 11.1 Å². The molecule has 0 radical (unpaired) electrons. The number of rotatable bonds is 5. The Bertz CT molecular complexity index is 1660. The monoisotopic (exact) mass is 468 g/mol. The van der Waals surface area contributed by atoms with Crippen LogP contribution in [0, 0.1) is 6.92 Å². The Morgan fingerprint density at radius 2 is 1.74 bits per heavy atom. The summed E-state index contributed by atoms with van der Waals surface area (Å²) in [6, 6.07) is 19.2. The molecule has 10 nitrogen and oxygen atoms in total. The van der Waals surface area contributed by atoms with Gasteiger partial charge in [0.1, 0.15) is 5.82 Å². The number of hydrogen-bond acceptors (Lipinski definition) is 6. The van der Waals surface area contributed by atoms with E-state index < -0.39 is 11.8 Å². The molecule has 5 rings (SSSR count). The highest BCUT2D eigenvalue weighted by molar-refractivity contribution is 6.11. The summed E-state index contributed by atoms with van der Waals surface area (Å²) in [5.41, 5.74) is 8.77. The van der Waals surface area contributed by atoms with Crippen LogP contribution in [0.25, 0.3) is 27.8 Å². The Kier molecular flexibility index (Phi) is 5.25. The van der Waals surface area contributed by atoms with Gasteiger partial charge in [0.15, 0.2) is 11.3 Å². The lowest BCUT2D eigenvalue weighted by Crippen LogP contribution is -2.21. The zero-order chi connectivity index (χ0) is 24.7. The minimum Gasteiger partial charge on any atom is -0.366 e. The Hall–Kier alpha value is -4.99. The fraction of sp³-hybridized carbons (Fsp3) is 0.0800. The molecule has 0 unspecified atom stereocenters. The summed E-state index contributed by atoms with van der Waals surface area (Å²) in [4.78, 5) is 36.6. The van der Waals surface area contributed by atoms with Crippen molar-refractivity contribution in [1.82, 2.24) is 19.5 Å². The van der Waals surface area contributed by atoms with Crippen molar-refractivity contribution in [2.24, 2.45) is 12.8 Å². The summed E-state index contributed by atoms with van der Waals surface area (Å²) in [7, 11) is 1.61. The van der Waals surface area contributed by atoms with Gasteiger partial charge in [-0.15, -0.1) is 0 Å². The molecular weight excluding hydrogens is 448 g/mol.